The zero-order valence-corrected chi connectivity index (χ0v) is 40.7. The van der Waals surface area contributed by atoms with Crippen LogP contribution in [0.5, 0.6) is 0 Å². The molecule has 0 bridgehead atoms. The molecule has 6 aromatic carbocycles. The first-order chi connectivity index (χ1) is 33.3. The van der Waals surface area contributed by atoms with Gasteiger partial charge in [-0.2, -0.15) is 16.8 Å². The van der Waals surface area contributed by atoms with Gasteiger partial charge in [0.25, 0.3) is 20.2 Å². The Labute approximate surface area is 405 Å². The van der Waals surface area contributed by atoms with Crippen LogP contribution in [0.4, 0.5) is 38.0 Å². The van der Waals surface area contributed by atoms with Crippen molar-refractivity contribution in [1.29, 1.82) is 0 Å². The van der Waals surface area contributed by atoms with Crippen LogP contribution in [-0.2, 0) is 33.3 Å². The van der Waals surface area contributed by atoms with Crippen LogP contribution >= 0.6 is 0 Å². The molecule has 0 fully saturated rings. The summed E-state index contributed by atoms with van der Waals surface area (Å²) in [6.07, 6.45) is 0. The Morgan fingerprint density at radius 3 is 1.77 bits per heavy atom. The summed E-state index contributed by atoms with van der Waals surface area (Å²) in [6, 6.07) is 36.1. The third-order valence-corrected chi connectivity index (χ3v) is 14.1. The van der Waals surface area contributed by atoms with Crippen molar-refractivity contribution in [3.05, 3.63) is 177 Å². The lowest BCUT2D eigenvalue weighted by Crippen LogP contribution is -2.29. The highest BCUT2D eigenvalue weighted by Gasteiger charge is 2.27. The van der Waals surface area contributed by atoms with E-state index in [2.05, 4.69) is 26.6 Å². The molecule has 4 amide bonds. The smallest absolute Gasteiger partial charge is 0.319 e. The van der Waals surface area contributed by atoms with Crippen molar-refractivity contribution in [2.75, 3.05) is 16.0 Å². The third kappa shape index (κ3) is 10.3. The summed E-state index contributed by atoms with van der Waals surface area (Å²) in [7, 11) is -9.54. The van der Waals surface area contributed by atoms with Crippen molar-refractivity contribution in [2.45, 2.75) is 64.4 Å². The Morgan fingerprint density at radius 2 is 1.16 bits per heavy atom. The van der Waals surface area contributed by atoms with Crippen molar-refractivity contribution in [2.24, 2.45) is 4.99 Å². The van der Waals surface area contributed by atoms with E-state index in [0.29, 0.717) is 45.6 Å². The van der Waals surface area contributed by atoms with E-state index in [4.69, 9.17) is 9.41 Å². The summed E-state index contributed by atoms with van der Waals surface area (Å²) in [4.78, 5) is 30.5. The summed E-state index contributed by atoms with van der Waals surface area (Å²) in [5.41, 5.74) is 8.68. The normalized spacial score (nSPS) is 12.0. The first-order valence-corrected chi connectivity index (χ1v) is 25.0. The molecule has 0 atom stereocenters. The van der Waals surface area contributed by atoms with Gasteiger partial charge >= 0.3 is 12.1 Å². The van der Waals surface area contributed by atoms with Gasteiger partial charge in [-0.1, -0.05) is 84.9 Å². The Hall–Kier alpha value is -7.83. The lowest BCUT2D eigenvalue weighted by molar-refractivity contribution is 0.251. The number of fused-ring (bicyclic) bond motifs is 2. The number of urea groups is 2. The fourth-order valence-corrected chi connectivity index (χ4v) is 10.5. The highest BCUT2D eigenvalue weighted by atomic mass is 32.2. The van der Waals surface area contributed by atoms with Gasteiger partial charge in [-0.15, -0.1) is 0 Å². The molecule has 8 rings (SSSR count). The van der Waals surface area contributed by atoms with Gasteiger partial charge in [0.2, 0.25) is 0 Å². The number of carbonyl (C=O) groups excluding carboxylic acids is 2. The zero-order valence-electron chi connectivity index (χ0n) is 39.1. The third-order valence-electron chi connectivity index (χ3n) is 12.1. The highest BCUT2D eigenvalue weighted by molar-refractivity contribution is 7.86. The molecule has 358 valence electrons. The molecule has 7 N–H and O–H groups in total. The molecule has 1 heterocycles. The van der Waals surface area contributed by atoms with E-state index in [1.54, 1.807) is 49.4 Å². The van der Waals surface area contributed by atoms with Crippen LogP contribution in [0.15, 0.2) is 147 Å². The fourth-order valence-electron chi connectivity index (χ4n) is 8.86. The van der Waals surface area contributed by atoms with Crippen LogP contribution in [0, 0.1) is 41.5 Å². The number of hydrogen-bond donors (Lipinski definition) is 7. The molecule has 2 aliphatic rings. The molecular weight excluding hydrogens is 929 g/mol. The van der Waals surface area contributed by atoms with Gasteiger partial charge < -0.3 is 31.0 Å². The second kappa shape index (κ2) is 19.6. The number of hydrogen-bond acceptors (Lipinski definition) is 9. The Balaban J connectivity index is 1.24. The summed E-state index contributed by atoms with van der Waals surface area (Å²) >= 11 is 0. The molecule has 0 saturated carbocycles. The predicted octanol–water partition coefficient (Wildman–Crippen LogP) is 11.2. The van der Waals surface area contributed by atoms with Gasteiger partial charge in [-0.3, -0.25) is 9.11 Å². The minimum Gasteiger partial charge on any atom is -0.456 e. The van der Waals surface area contributed by atoms with Crippen LogP contribution in [0.1, 0.15) is 44.5 Å². The second-order valence-corrected chi connectivity index (χ2v) is 19.7. The van der Waals surface area contributed by atoms with E-state index in [9.17, 15) is 35.5 Å². The van der Waals surface area contributed by atoms with Crippen molar-refractivity contribution in [3.8, 4) is 22.5 Å². The summed E-state index contributed by atoms with van der Waals surface area (Å²) in [6.45, 7) is 11.0. The van der Waals surface area contributed by atoms with E-state index in [1.807, 2.05) is 93.6 Å². The molecule has 0 saturated heterocycles. The molecule has 0 aromatic heterocycles. The zero-order chi connectivity index (χ0) is 50.1. The minimum absolute atomic E-state index is 0.116. The Kier molecular flexibility index (Phi) is 13.6. The molecule has 1 aliphatic heterocycles. The second-order valence-electron chi connectivity index (χ2n) is 17.0. The maximum Gasteiger partial charge on any atom is 0.319 e. The van der Waals surface area contributed by atoms with Gasteiger partial charge in [0.15, 0.2) is 0 Å². The molecule has 70 heavy (non-hydrogen) atoms. The van der Waals surface area contributed by atoms with Crippen LogP contribution in [0.25, 0.3) is 33.4 Å². The predicted molar refractivity (Wildman–Crippen MR) is 272 cm³/mol. The number of rotatable bonds is 12. The number of anilines is 4. The maximum atomic E-state index is 13.2. The summed E-state index contributed by atoms with van der Waals surface area (Å²) in [5, 5.41) is 15.7. The van der Waals surface area contributed by atoms with Crippen molar-refractivity contribution in [1.82, 2.24) is 10.6 Å². The molecule has 0 radical (unpaired) electrons. The van der Waals surface area contributed by atoms with E-state index in [-0.39, 0.29) is 56.7 Å². The number of aryl methyl sites for hydroxylation is 2. The van der Waals surface area contributed by atoms with Crippen LogP contribution in [0.3, 0.4) is 0 Å². The van der Waals surface area contributed by atoms with Gasteiger partial charge in [0, 0.05) is 58.7 Å². The van der Waals surface area contributed by atoms with Crippen molar-refractivity contribution >= 4 is 71.7 Å². The standard InChI is InChI=1S/C53H50N6O9S2/c1-30-25-31(2)48(58-52(60)54-28-36-15-9-7-10-16-36)32(3)47(30)56-38-21-23-40-43(26-38)68-44-27-39(22-24-41(44)46(40)42-19-13-14-20-45(42)69(62,63)64)57-49-33(4)50(35(6)51(34(49)5)70(65,66)67)59-53(61)55-29-37-17-11-8-12-18-37/h7-27,56H,28-29H2,1-6H3,(H2,54,58,60)(H2,55,59,61)(H,62,63,64)(H,65,66,67). The van der Waals surface area contributed by atoms with Crippen molar-refractivity contribution < 1.29 is 39.9 Å². The van der Waals surface area contributed by atoms with Gasteiger partial charge in [-0.05, 0) is 116 Å². The minimum atomic E-state index is -4.82. The maximum absolute atomic E-state index is 13.2. The number of amides is 4. The van der Waals surface area contributed by atoms with E-state index >= 15 is 0 Å². The fraction of sp³-hybridized carbons (Fsp3) is 0.151. The average Bonchev–Trinajstić information content (AvgIpc) is 3.32. The topological polar surface area (TPSA) is 229 Å². The first kappa shape index (κ1) is 48.6. The summed E-state index contributed by atoms with van der Waals surface area (Å²) < 4.78 is 79.1. The van der Waals surface area contributed by atoms with Crippen molar-refractivity contribution in [3.63, 3.8) is 0 Å². The average molecular weight is 979 g/mol. The number of benzene rings is 7. The van der Waals surface area contributed by atoms with E-state index < -0.39 is 31.2 Å². The molecule has 6 aromatic rings. The Bertz CT molecular complexity index is 3640. The van der Waals surface area contributed by atoms with E-state index in [1.165, 1.54) is 26.0 Å². The molecular formula is C53H50N6O9S2. The largest absolute Gasteiger partial charge is 0.456 e. The van der Waals surface area contributed by atoms with Crippen LogP contribution in [0.2, 0.25) is 0 Å². The number of nitrogens with zero attached hydrogens (tertiary/aromatic N) is 1. The monoisotopic (exact) mass is 978 g/mol. The lowest BCUT2D eigenvalue weighted by atomic mass is 9.93. The molecule has 1 aliphatic carbocycles. The number of carbonyl (C=O) groups is 2. The van der Waals surface area contributed by atoms with E-state index in [0.717, 1.165) is 33.5 Å². The molecule has 0 unspecified atom stereocenters. The van der Waals surface area contributed by atoms with Gasteiger partial charge in [0.1, 0.15) is 21.1 Å². The number of nitrogens with one attached hydrogen (secondary N) is 5. The quantitative estimate of drug-likeness (QED) is 0.0452. The molecule has 17 heteroatoms. The summed E-state index contributed by atoms with van der Waals surface area (Å²) in [5.74, 6) is 0.248. The molecule has 15 nitrogen and oxygen atoms in total. The van der Waals surface area contributed by atoms with Crippen LogP contribution < -0.4 is 31.9 Å². The Morgan fingerprint density at radius 1 is 0.571 bits per heavy atom. The van der Waals surface area contributed by atoms with Gasteiger partial charge in [0.05, 0.1) is 22.4 Å². The lowest BCUT2D eigenvalue weighted by Gasteiger charge is -2.21. The first-order valence-electron chi connectivity index (χ1n) is 22.1. The van der Waals surface area contributed by atoms with Gasteiger partial charge in [-0.25, -0.2) is 14.6 Å². The SMILES string of the molecule is Cc1cc(C)c(Nc2ccc3c(-c4ccccc4S(=O)(=O)O)c4ccc(=Nc5c(C)c(NC(=O)NCc6ccccc6)c(C)c(S(=O)(=O)O)c5C)cc-4oc3c2)c(C)c1NC(=O)NCc1ccccc1. The highest BCUT2D eigenvalue weighted by Crippen LogP contribution is 2.44. The van der Waals surface area contributed by atoms with Crippen LogP contribution in [-0.4, -0.2) is 38.0 Å². The molecule has 0 spiro atoms.